The van der Waals surface area contributed by atoms with Gasteiger partial charge in [-0.15, -0.1) is 0 Å². The topological polar surface area (TPSA) is 29.5 Å². The molecular formula is C19H22O2. The molecule has 21 heavy (non-hydrogen) atoms. The van der Waals surface area contributed by atoms with Gasteiger partial charge in [0.25, 0.3) is 0 Å². The Morgan fingerprint density at radius 3 is 1.86 bits per heavy atom. The molecule has 2 heteroatoms. The highest BCUT2D eigenvalue weighted by Crippen LogP contribution is 2.62. The maximum Gasteiger partial charge on any atom is 0.0927 e. The molecule has 0 radical (unpaired) electrons. The largest absolute Gasteiger partial charge is 0.252 e. The van der Waals surface area contributed by atoms with Crippen molar-refractivity contribution in [3.8, 4) is 0 Å². The smallest absolute Gasteiger partial charge is 0.0927 e. The van der Waals surface area contributed by atoms with Gasteiger partial charge in [-0.25, -0.2) is 4.89 Å². The van der Waals surface area contributed by atoms with Gasteiger partial charge in [-0.05, 0) is 36.3 Å². The average Bonchev–Trinajstić information content (AvgIpc) is 3.32. The fourth-order valence-electron chi connectivity index (χ4n) is 3.65. The molecule has 2 nitrogen and oxygen atoms in total. The minimum absolute atomic E-state index is 0.0642. The molecule has 1 fully saturated rings. The van der Waals surface area contributed by atoms with Crippen LogP contribution in [0.25, 0.3) is 0 Å². The first-order valence-corrected chi connectivity index (χ1v) is 7.61. The second-order valence-electron chi connectivity index (χ2n) is 6.18. The summed E-state index contributed by atoms with van der Waals surface area (Å²) < 4.78 is 0. The predicted octanol–water partition coefficient (Wildman–Crippen LogP) is 4.51. The third-order valence-corrected chi connectivity index (χ3v) is 5.13. The summed E-state index contributed by atoms with van der Waals surface area (Å²) >= 11 is 0. The van der Waals surface area contributed by atoms with Crippen LogP contribution < -0.4 is 0 Å². The maximum atomic E-state index is 8.99. The molecule has 1 aliphatic carbocycles. The van der Waals surface area contributed by atoms with Crippen LogP contribution in [0.5, 0.6) is 0 Å². The van der Waals surface area contributed by atoms with Crippen LogP contribution in [0.2, 0.25) is 0 Å². The van der Waals surface area contributed by atoms with Gasteiger partial charge in [0.15, 0.2) is 0 Å². The van der Waals surface area contributed by atoms with Crippen LogP contribution >= 0.6 is 0 Å². The molecule has 0 saturated heterocycles. The summed E-state index contributed by atoms with van der Waals surface area (Å²) in [6, 6.07) is 21.4. The summed E-state index contributed by atoms with van der Waals surface area (Å²) in [6.45, 7) is 4.10. The highest BCUT2D eigenvalue weighted by atomic mass is 17.1. The summed E-state index contributed by atoms with van der Waals surface area (Å²) in [5.41, 5.74) is 2.78. The first-order valence-electron chi connectivity index (χ1n) is 7.61. The van der Waals surface area contributed by atoms with Crippen LogP contribution in [0.1, 0.15) is 31.4 Å². The Kier molecular flexibility index (Phi) is 3.83. The molecule has 2 aromatic carbocycles. The first-order chi connectivity index (χ1) is 10.2. The monoisotopic (exact) mass is 282 g/mol. The van der Waals surface area contributed by atoms with E-state index in [0.717, 1.165) is 6.42 Å². The van der Waals surface area contributed by atoms with Crippen molar-refractivity contribution in [3.63, 3.8) is 0 Å². The maximum absolute atomic E-state index is 8.99. The van der Waals surface area contributed by atoms with Crippen LogP contribution in [-0.4, -0.2) is 11.4 Å². The number of rotatable bonds is 5. The van der Waals surface area contributed by atoms with Crippen molar-refractivity contribution in [2.45, 2.75) is 31.8 Å². The number of hydrogen-bond acceptors (Lipinski definition) is 2. The number of benzene rings is 2. The molecule has 0 heterocycles. The van der Waals surface area contributed by atoms with Crippen LogP contribution in [0.15, 0.2) is 60.7 Å². The lowest BCUT2D eigenvalue weighted by atomic mass is 9.82. The van der Waals surface area contributed by atoms with Gasteiger partial charge in [-0.1, -0.05) is 67.6 Å². The molecule has 2 unspecified atom stereocenters. The Bertz CT molecular complexity index is 540. The second-order valence-corrected chi connectivity index (χ2v) is 6.18. The van der Waals surface area contributed by atoms with Crippen molar-refractivity contribution in [1.82, 2.24) is 0 Å². The van der Waals surface area contributed by atoms with Gasteiger partial charge < -0.3 is 0 Å². The van der Waals surface area contributed by atoms with Gasteiger partial charge >= 0.3 is 0 Å². The van der Waals surface area contributed by atoms with E-state index < -0.39 is 0 Å². The zero-order chi connectivity index (χ0) is 14.9. The molecule has 1 aliphatic rings. The third kappa shape index (κ3) is 2.39. The quantitative estimate of drug-likeness (QED) is 0.646. The van der Waals surface area contributed by atoms with Crippen LogP contribution in [0, 0.1) is 11.8 Å². The normalized spacial score (nSPS) is 22.5. The highest BCUT2D eigenvalue weighted by molar-refractivity contribution is 5.47. The lowest BCUT2D eigenvalue weighted by Gasteiger charge is -2.24. The Hall–Kier alpha value is -1.64. The van der Waals surface area contributed by atoms with E-state index in [4.69, 9.17) is 5.26 Å². The Morgan fingerprint density at radius 2 is 1.43 bits per heavy atom. The summed E-state index contributed by atoms with van der Waals surface area (Å²) in [7, 11) is 0. The summed E-state index contributed by atoms with van der Waals surface area (Å²) in [6.07, 6.45) is 0.958. The van der Waals surface area contributed by atoms with Gasteiger partial charge in [-0.2, -0.15) is 0 Å². The highest BCUT2D eigenvalue weighted by Gasteiger charge is 2.59. The molecule has 3 atom stereocenters. The Labute approximate surface area is 126 Å². The van der Waals surface area contributed by atoms with E-state index in [1.165, 1.54) is 11.1 Å². The van der Waals surface area contributed by atoms with Crippen LogP contribution in [0.4, 0.5) is 0 Å². The fourth-order valence-corrected chi connectivity index (χ4v) is 3.65. The minimum atomic E-state index is -0.149. The summed E-state index contributed by atoms with van der Waals surface area (Å²) in [5.74, 6) is 0.792. The molecule has 2 aromatic rings. The first kappa shape index (κ1) is 14.3. The van der Waals surface area contributed by atoms with Gasteiger partial charge in [0.2, 0.25) is 0 Å². The second kappa shape index (κ2) is 5.63. The van der Waals surface area contributed by atoms with Crippen molar-refractivity contribution < 1.29 is 10.1 Å². The molecule has 0 aromatic heterocycles. The molecule has 0 bridgehead atoms. The van der Waals surface area contributed by atoms with Gasteiger partial charge in [0.05, 0.1) is 6.10 Å². The molecule has 0 amide bonds. The molecule has 110 valence electrons. The number of hydrogen-bond donors (Lipinski definition) is 1. The molecule has 1 saturated carbocycles. The van der Waals surface area contributed by atoms with E-state index >= 15 is 0 Å². The predicted molar refractivity (Wildman–Crippen MR) is 84.1 cm³/mol. The minimum Gasteiger partial charge on any atom is -0.252 e. The van der Waals surface area contributed by atoms with Gasteiger partial charge in [0, 0.05) is 5.41 Å². The van der Waals surface area contributed by atoms with Crippen molar-refractivity contribution in [2.75, 3.05) is 0 Å². The van der Waals surface area contributed by atoms with Gasteiger partial charge in [0.1, 0.15) is 0 Å². The molecule has 0 spiro atoms. The van der Waals surface area contributed by atoms with E-state index in [1.807, 2.05) is 6.92 Å². The standard InChI is InChI=1S/C19H22O2/c1-14(15(2)21-20)18-13-19(18,16-9-5-3-6-10-16)17-11-7-4-8-12-17/h3-12,14-15,18,20H,13H2,1-2H3/t14?,15?,18-/m1/s1. The van der Waals surface area contributed by atoms with Crippen molar-refractivity contribution in [3.05, 3.63) is 71.8 Å². The van der Waals surface area contributed by atoms with E-state index in [2.05, 4.69) is 72.5 Å². The van der Waals surface area contributed by atoms with E-state index in [1.54, 1.807) is 0 Å². The lowest BCUT2D eigenvalue weighted by molar-refractivity contribution is -0.285. The van der Waals surface area contributed by atoms with Gasteiger partial charge in [-0.3, -0.25) is 5.26 Å². The molecule has 3 rings (SSSR count). The SMILES string of the molecule is CC(OO)C(C)[C@H]1CC1(c1ccccc1)c1ccccc1. The van der Waals surface area contributed by atoms with Crippen molar-refractivity contribution in [1.29, 1.82) is 0 Å². The van der Waals surface area contributed by atoms with Crippen molar-refractivity contribution >= 4 is 0 Å². The average molecular weight is 282 g/mol. The lowest BCUT2D eigenvalue weighted by Crippen LogP contribution is -2.24. The van der Waals surface area contributed by atoms with E-state index in [-0.39, 0.29) is 11.5 Å². The fraction of sp³-hybridized carbons (Fsp3) is 0.368. The molecular weight excluding hydrogens is 260 g/mol. The van der Waals surface area contributed by atoms with E-state index in [9.17, 15) is 0 Å². The van der Waals surface area contributed by atoms with Crippen LogP contribution in [-0.2, 0) is 10.3 Å². The summed E-state index contributed by atoms with van der Waals surface area (Å²) in [5, 5.41) is 8.99. The molecule has 1 N–H and O–H groups in total. The summed E-state index contributed by atoms with van der Waals surface area (Å²) in [4.78, 5) is 4.58. The molecule has 0 aliphatic heterocycles. The van der Waals surface area contributed by atoms with Crippen LogP contribution in [0.3, 0.4) is 0 Å². The Morgan fingerprint density at radius 1 is 0.952 bits per heavy atom. The van der Waals surface area contributed by atoms with Crippen molar-refractivity contribution in [2.24, 2.45) is 11.8 Å². The zero-order valence-corrected chi connectivity index (χ0v) is 12.6. The zero-order valence-electron chi connectivity index (χ0n) is 12.6. The Balaban J connectivity index is 2.00. The van der Waals surface area contributed by atoms with E-state index in [0.29, 0.717) is 11.8 Å². The third-order valence-electron chi connectivity index (χ3n) is 5.13.